The standard InChI is InChI=1S/C10H8F2O2/c1-10(2)8-6(12)4-3-5(11)7(8)9(13)14-10/h3-4H,1-2H3. The molecule has 0 aliphatic carbocycles. The van der Waals surface area contributed by atoms with Crippen molar-refractivity contribution < 1.29 is 18.3 Å². The molecule has 0 saturated heterocycles. The molecule has 1 aromatic rings. The molecule has 4 heteroatoms. The number of benzene rings is 1. The van der Waals surface area contributed by atoms with Gasteiger partial charge in [0.15, 0.2) is 0 Å². The summed E-state index contributed by atoms with van der Waals surface area (Å²) in [6.07, 6.45) is 0. The lowest BCUT2D eigenvalue weighted by molar-refractivity contribution is 0.00851. The van der Waals surface area contributed by atoms with Gasteiger partial charge in [0.05, 0.1) is 0 Å². The highest BCUT2D eigenvalue weighted by atomic mass is 19.1. The summed E-state index contributed by atoms with van der Waals surface area (Å²) in [5.41, 5.74) is -1.36. The molecule has 1 aromatic carbocycles. The van der Waals surface area contributed by atoms with E-state index in [4.69, 9.17) is 4.74 Å². The van der Waals surface area contributed by atoms with Gasteiger partial charge in [-0.3, -0.25) is 0 Å². The van der Waals surface area contributed by atoms with Crippen LogP contribution in [0.15, 0.2) is 12.1 Å². The highest BCUT2D eigenvalue weighted by Crippen LogP contribution is 2.38. The van der Waals surface area contributed by atoms with E-state index in [9.17, 15) is 13.6 Å². The Hall–Kier alpha value is -1.45. The third-order valence-electron chi connectivity index (χ3n) is 2.26. The normalized spacial score (nSPS) is 17.9. The number of esters is 1. The van der Waals surface area contributed by atoms with Crippen molar-refractivity contribution in [3.8, 4) is 0 Å². The van der Waals surface area contributed by atoms with Gasteiger partial charge in [0.2, 0.25) is 0 Å². The van der Waals surface area contributed by atoms with Crippen molar-refractivity contribution in [3.05, 3.63) is 34.9 Å². The van der Waals surface area contributed by atoms with Gasteiger partial charge < -0.3 is 4.74 Å². The lowest BCUT2D eigenvalue weighted by Crippen LogP contribution is -2.17. The Balaban J connectivity index is 2.80. The fraction of sp³-hybridized carbons (Fsp3) is 0.300. The lowest BCUT2D eigenvalue weighted by atomic mass is 9.95. The average molecular weight is 198 g/mol. The maximum atomic E-state index is 13.3. The molecule has 0 bridgehead atoms. The highest BCUT2D eigenvalue weighted by molar-refractivity contribution is 5.95. The maximum absolute atomic E-state index is 13.3. The van der Waals surface area contributed by atoms with Crippen molar-refractivity contribution in [3.63, 3.8) is 0 Å². The van der Waals surface area contributed by atoms with E-state index < -0.39 is 23.2 Å². The smallest absolute Gasteiger partial charge is 0.342 e. The van der Waals surface area contributed by atoms with E-state index in [2.05, 4.69) is 0 Å². The van der Waals surface area contributed by atoms with Gasteiger partial charge in [-0.15, -0.1) is 0 Å². The zero-order chi connectivity index (χ0) is 10.5. The molecule has 2 rings (SSSR count). The number of rotatable bonds is 0. The first kappa shape index (κ1) is 9.12. The van der Waals surface area contributed by atoms with Crippen molar-refractivity contribution in [2.45, 2.75) is 19.4 Å². The molecule has 74 valence electrons. The van der Waals surface area contributed by atoms with Gasteiger partial charge in [-0.05, 0) is 26.0 Å². The van der Waals surface area contributed by atoms with Crippen LogP contribution in [0.2, 0.25) is 0 Å². The van der Waals surface area contributed by atoms with Crippen LogP contribution in [0.3, 0.4) is 0 Å². The molecule has 0 atom stereocenters. The second-order valence-corrected chi connectivity index (χ2v) is 3.68. The minimum atomic E-state index is -1.08. The molecule has 1 aliphatic heterocycles. The Morgan fingerprint density at radius 1 is 1.21 bits per heavy atom. The minimum absolute atomic E-state index is 0.00231. The summed E-state index contributed by atoms with van der Waals surface area (Å²) in [7, 11) is 0. The van der Waals surface area contributed by atoms with Gasteiger partial charge in [-0.2, -0.15) is 0 Å². The van der Waals surface area contributed by atoms with Crippen molar-refractivity contribution in [1.82, 2.24) is 0 Å². The van der Waals surface area contributed by atoms with Gasteiger partial charge in [0.1, 0.15) is 22.8 Å². The molecule has 2 nitrogen and oxygen atoms in total. The van der Waals surface area contributed by atoms with E-state index in [1.165, 1.54) is 13.8 Å². The number of carbonyl (C=O) groups is 1. The zero-order valence-electron chi connectivity index (χ0n) is 7.73. The predicted octanol–water partition coefficient (Wildman–Crippen LogP) is 2.37. The third-order valence-corrected chi connectivity index (χ3v) is 2.26. The van der Waals surface area contributed by atoms with Crippen LogP contribution in [0.1, 0.15) is 29.8 Å². The maximum Gasteiger partial charge on any atom is 0.342 e. The molecule has 0 aromatic heterocycles. The van der Waals surface area contributed by atoms with Crippen molar-refractivity contribution in [2.24, 2.45) is 0 Å². The van der Waals surface area contributed by atoms with Crippen LogP contribution >= 0.6 is 0 Å². The van der Waals surface area contributed by atoms with Crippen molar-refractivity contribution >= 4 is 5.97 Å². The largest absolute Gasteiger partial charge is 0.451 e. The fourth-order valence-electron chi connectivity index (χ4n) is 1.67. The Kier molecular flexibility index (Phi) is 1.65. The summed E-state index contributed by atoms with van der Waals surface area (Å²) in [6, 6.07) is 1.93. The molecule has 0 saturated carbocycles. The lowest BCUT2D eigenvalue weighted by Gasteiger charge is -2.17. The number of hydrogen-bond acceptors (Lipinski definition) is 2. The van der Waals surface area contributed by atoms with Crippen LogP contribution in [0.4, 0.5) is 8.78 Å². The number of carbonyl (C=O) groups excluding carboxylic acids is 1. The minimum Gasteiger partial charge on any atom is -0.451 e. The number of halogens is 2. The first-order valence-corrected chi connectivity index (χ1v) is 4.15. The summed E-state index contributed by atoms with van der Waals surface area (Å²) in [5, 5.41) is 0. The van der Waals surface area contributed by atoms with Gasteiger partial charge in [-0.1, -0.05) is 0 Å². The molecule has 1 heterocycles. The highest BCUT2D eigenvalue weighted by Gasteiger charge is 2.42. The van der Waals surface area contributed by atoms with E-state index in [0.29, 0.717) is 0 Å². The molecule has 0 amide bonds. The monoisotopic (exact) mass is 198 g/mol. The number of cyclic esters (lactones) is 1. The van der Waals surface area contributed by atoms with Crippen molar-refractivity contribution in [1.29, 1.82) is 0 Å². The predicted molar refractivity (Wildman–Crippen MR) is 44.8 cm³/mol. The van der Waals surface area contributed by atoms with Crippen LogP contribution in [0.5, 0.6) is 0 Å². The summed E-state index contributed by atoms with van der Waals surface area (Å²) in [4.78, 5) is 11.2. The van der Waals surface area contributed by atoms with Crippen molar-refractivity contribution in [2.75, 3.05) is 0 Å². The van der Waals surface area contributed by atoms with Crippen LogP contribution < -0.4 is 0 Å². The van der Waals surface area contributed by atoms with E-state index in [1.54, 1.807) is 0 Å². The summed E-state index contributed by atoms with van der Waals surface area (Å²) in [6.45, 7) is 3.05. The first-order valence-electron chi connectivity index (χ1n) is 4.15. The Labute approximate surface area is 79.5 Å². The van der Waals surface area contributed by atoms with Crippen LogP contribution in [-0.2, 0) is 10.3 Å². The number of fused-ring (bicyclic) bond motifs is 1. The molecule has 0 radical (unpaired) electrons. The molecule has 0 unspecified atom stereocenters. The second kappa shape index (κ2) is 2.53. The zero-order valence-corrected chi connectivity index (χ0v) is 7.73. The average Bonchev–Trinajstić information content (AvgIpc) is 2.30. The van der Waals surface area contributed by atoms with E-state index in [-0.39, 0.29) is 11.1 Å². The third kappa shape index (κ3) is 1.03. The molecule has 0 fully saturated rings. The molecule has 1 aliphatic rings. The van der Waals surface area contributed by atoms with Crippen LogP contribution in [-0.4, -0.2) is 5.97 Å². The Morgan fingerprint density at radius 3 is 2.36 bits per heavy atom. The van der Waals surface area contributed by atoms with Gasteiger partial charge in [-0.25, -0.2) is 13.6 Å². The van der Waals surface area contributed by atoms with E-state index in [0.717, 1.165) is 12.1 Å². The first-order chi connectivity index (χ1) is 6.43. The van der Waals surface area contributed by atoms with Gasteiger partial charge >= 0.3 is 5.97 Å². The fourth-order valence-corrected chi connectivity index (χ4v) is 1.67. The topological polar surface area (TPSA) is 26.3 Å². The van der Waals surface area contributed by atoms with Gasteiger partial charge in [0, 0.05) is 5.56 Å². The molecular weight excluding hydrogens is 190 g/mol. The summed E-state index contributed by atoms with van der Waals surface area (Å²) < 4.78 is 31.4. The summed E-state index contributed by atoms with van der Waals surface area (Å²) >= 11 is 0. The molecule has 0 N–H and O–H groups in total. The number of hydrogen-bond donors (Lipinski definition) is 0. The quantitative estimate of drug-likeness (QED) is 0.598. The number of ether oxygens (including phenoxy) is 1. The van der Waals surface area contributed by atoms with Crippen LogP contribution in [0.25, 0.3) is 0 Å². The second-order valence-electron chi connectivity index (χ2n) is 3.68. The molecule has 0 spiro atoms. The van der Waals surface area contributed by atoms with Gasteiger partial charge in [0.25, 0.3) is 0 Å². The molecular formula is C10H8F2O2. The van der Waals surface area contributed by atoms with Crippen LogP contribution in [0, 0.1) is 11.6 Å². The SMILES string of the molecule is CC1(C)OC(=O)c2c(F)ccc(F)c21. The summed E-state index contributed by atoms with van der Waals surface area (Å²) in [5.74, 6) is -2.16. The van der Waals surface area contributed by atoms with E-state index in [1.807, 2.05) is 0 Å². The Bertz CT molecular complexity index is 424. The van der Waals surface area contributed by atoms with E-state index >= 15 is 0 Å². The molecule has 14 heavy (non-hydrogen) atoms. The Morgan fingerprint density at radius 2 is 1.79 bits per heavy atom.